The maximum absolute atomic E-state index is 11.4. The van der Waals surface area contributed by atoms with Crippen LogP contribution in [0.25, 0.3) is 0 Å². The van der Waals surface area contributed by atoms with E-state index in [-0.39, 0.29) is 6.09 Å². The molecule has 1 rings (SSSR count). The van der Waals surface area contributed by atoms with Crippen molar-refractivity contribution < 1.29 is 14.3 Å². The Kier molecular flexibility index (Phi) is 4.02. The molecule has 13 heavy (non-hydrogen) atoms. The van der Waals surface area contributed by atoms with Crippen molar-refractivity contribution >= 4 is 6.09 Å². The highest BCUT2D eigenvalue weighted by atomic mass is 16.7. The summed E-state index contributed by atoms with van der Waals surface area (Å²) in [5.41, 5.74) is 0. The Morgan fingerprint density at radius 1 is 1.31 bits per heavy atom. The number of nitrogens with zero attached hydrogens (tertiary/aromatic N) is 1. The molecule has 4 nitrogen and oxygen atoms in total. The Bertz CT molecular complexity index is 166. The number of methoxy groups -OCH3 is 1. The zero-order chi connectivity index (χ0) is 9.68. The van der Waals surface area contributed by atoms with Crippen LogP contribution in [0.5, 0.6) is 0 Å². The molecule has 0 aromatic rings. The fraction of sp³-hybridized carbons (Fsp3) is 0.889. The minimum Gasteiger partial charge on any atom is -0.420 e. The number of hydrogen-bond acceptors (Lipinski definition) is 3. The van der Waals surface area contributed by atoms with Gasteiger partial charge in [-0.25, -0.2) is 4.79 Å². The first-order valence-electron chi connectivity index (χ1n) is 4.72. The van der Waals surface area contributed by atoms with E-state index < -0.39 is 6.29 Å². The molecule has 1 saturated heterocycles. The molecule has 1 aliphatic rings. The van der Waals surface area contributed by atoms with Gasteiger partial charge >= 0.3 is 6.09 Å². The molecule has 76 valence electrons. The average molecular weight is 187 g/mol. The van der Waals surface area contributed by atoms with Gasteiger partial charge in [0.2, 0.25) is 6.29 Å². The summed E-state index contributed by atoms with van der Waals surface area (Å²) in [5.74, 6) is 0. The highest BCUT2D eigenvalue weighted by Crippen LogP contribution is 2.10. The molecule has 1 fully saturated rings. The van der Waals surface area contributed by atoms with Gasteiger partial charge in [0.15, 0.2) is 0 Å². The summed E-state index contributed by atoms with van der Waals surface area (Å²) in [4.78, 5) is 13.1. The third-order valence-electron chi connectivity index (χ3n) is 2.21. The van der Waals surface area contributed by atoms with Crippen LogP contribution in [0, 0.1) is 0 Å². The van der Waals surface area contributed by atoms with Crippen LogP contribution >= 0.6 is 0 Å². The van der Waals surface area contributed by atoms with E-state index in [1.54, 1.807) is 11.8 Å². The molecular formula is C9H17NO3. The van der Waals surface area contributed by atoms with Crippen molar-refractivity contribution in [1.82, 2.24) is 4.90 Å². The molecule has 0 spiro atoms. The molecule has 4 heteroatoms. The van der Waals surface area contributed by atoms with E-state index in [2.05, 4.69) is 0 Å². The van der Waals surface area contributed by atoms with Crippen LogP contribution in [0.3, 0.4) is 0 Å². The maximum Gasteiger partial charge on any atom is 0.412 e. The van der Waals surface area contributed by atoms with Gasteiger partial charge in [-0.2, -0.15) is 0 Å². The molecule has 0 aromatic heterocycles. The topological polar surface area (TPSA) is 38.8 Å². The third-order valence-corrected chi connectivity index (χ3v) is 2.21. The first-order chi connectivity index (χ1) is 6.24. The van der Waals surface area contributed by atoms with Gasteiger partial charge in [0, 0.05) is 20.2 Å². The lowest BCUT2D eigenvalue weighted by atomic mass is 10.1. The monoisotopic (exact) mass is 187 g/mol. The normalized spacial score (nSPS) is 19.7. The predicted octanol–water partition coefficient (Wildman–Crippen LogP) is 1.60. The van der Waals surface area contributed by atoms with Gasteiger partial charge in [-0.3, -0.25) is 0 Å². The van der Waals surface area contributed by atoms with Crippen LogP contribution < -0.4 is 0 Å². The van der Waals surface area contributed by atoms with Gasteiger partial charge < -0.3 is 14.4 Å². The molecule has 0 N–H and O–H groups in total. The summed E-state index contributed by atoms with van der Waals surface area (Å²) >= 11 is 0. The predicted molar refractivity (Wildman–Crippen MR) is 48.4 cm³/mol. The van der Waals surface area contributed by atoms with Gasteiger partial charge in [0.1, 0.15) is 0 Å². The average Bonchev–Trinajstić information content (AvgIpc) is 2.19. The standard InChI is InChI=1S/C9H17NO3/c1-8(12-2)13-9(11)10-6-4-3-5-7-10/h8H,3-7H2,1-2H3/t8-/m1/s1. The summed E-state index contributed by atoms with van der Waals surface area (Å²) in [5, 5.41) is 0. The third kappa shape index (κ3) is 3.22. The Balaban J connectivity index is 2.29. The summed E-state index contributed by atoms with van der Waals surface area (Å²) in [6.45, 7) is 3.34. The van der Waals surface area contributed by atoms with Gasteiger partial charge in [-0.05, 0) is 26.2 Å². The smallest absolute Gasteiger partial charge is 0.412 e. The molecule has 0 unspecified atom stereocenters. The van der Waals surface area contributed by atoms with Gasteiger partial charge in [0.25, 0.3) is 0 Å². The minimum absolute atomic E-state index is 0.256. The molecular weight excluding hydrogens is 170 g/mol. The number of amides is 1. The summed E-state index contributed by atoms with van der Waals surface area (Å²) in [7, 11) is 1.52. The Morgan fingerprint density at radius 2 is 1.92 bits per heavy atom. The molecule has 0 saturated carbocycles. The first-order valence-corrected chi connectivity index (χ1v) is 4.72. The fourth-order valence-electron chi connectivity index (χ4n) is 1.34. The van der Waals surface area contributed by atoms with Crippen molar-refractivity contribution in [2.45, 2.75) is 32.5 Å². The van der Waals surface area contributed by atoms with Crippen molar-refractivity contribution in [3.8, 4) is 0 Å². The lowest BCUT2D eigenvalue weighted by Crippen LogP contribution is -2.37. The number of rotatable bonds is 2. The van der Waals surface area contributed by atoms with Gasteiger partial charge in [-0.1, -0.05) is 0 Å². The van der Waals surface area contributed by atoms with Crippen LogP contribution in [-0.4, -0.2) is 37.5 Å². The van der Waals surface area contributed by atoms with E-state index in [9.17, 15) is 4.79 Å². The Hall–Kier alpha value is -0.770. The Labute approximate surface area is 78.8 Å². The molecule has 0 bridgehead atoms. The van der Waals surface area contributed by atoms with Gasteiger partial charge in [0.05, 0.1) is 0 Å². The van der Waals surface area contributed by atoms with Crippen molar-refractivity contribution in [2.24, 2.45) is 0 Å². The quantitative estimate of drug-likeness (QED) is 0.616. The SMILES string of the molecule is CO[C@@H](C)OC(=O)N1CCCCC1. The van der Waals surface area contributed by atoms with E-state index in [0.717, 1.165) is 25.9 Å². The molecule has 1 aliphatic heterocycles. The number of likely N-dealkylation sites (tertiary alicyclic amines) is 1. The number of piperidine rings is 1. The van der Waals surface area contributed by atoms with Crippen LogP contribution in [0.2, 0.25) is 0 Å². The summed E-state index contributed by atoms with van der Waals surface area (Å²) in [6.07, 6.45) is 2.67. The molecule has 1 amide bonds. The lowest BCUT2D eigenvalue weighted by molar-refractivity contribution is -0.0788. The molecule has 0 aromatic carbocycles. The molecule has 0 aliphatic carbocycles. The van der Waals surface area contributed by atoms with Crippen molar-refractivity contribution in [3.63, 3.8) is 0 Å². The van der Waals surface area contributed by atoms with Gasteiger partial charge in [-0.15, -0.1) is 0 Å². The molecule has 0 radical (unpaired) electrons. The zero-order valence-electron chi connectivity index (χ0n) is 8.28. The molecule has 1 atom stereocenters. The lowest BCUT2D eigenvalue weighted by Gasteiger charge is -2.26. The second-order valence-electron chi connectivity index (χ2n) is 3.23. The largest absolute Gasteiger partial charge is 0.420 e. The van der Waals surface area contributed by atoms with E-state index in [1.165, 1.54) is 13.5 Å². The highest BCUT2D eigenvalue weighted by molar-refractivity contribution is 5.67. The van der Waals surface area contributed by atoms with Crippen LogP contribution in [0.1, 0.15) is 26.2 Å². The fourth-order valence-corrected chi connectivity index (χ4v) is 1.34. The number of hydrogen-bond donors (Lipinski definition) is 0. The van der Waals surface area contributed by atoms with E-state index in [4.69, 9.17) is 9.47 Å². The zero-order valence-corrected chi connectivity index (χ0v) is 8.28. The second-order valence-corrected chi connectivity index (χ2v) is 3.23. The van der Waals surface area contributed by atoms with Crippen LogP contribution in [-0.2, 0) is 9.47 Å². The van der Waals surface area contributed by atoms with E-state index >= 15 is 0 Å². The summed E-state index contributed by atoms with van der Waals surface area (Å²) in [6, 6.07) is 0. The highest BCUT2D eigenvalue weighted by Gasteiger charge is 2.19. The number of carbonyl (C=O) groups is 1. The van der Waals surface area contributed by atoms with Crippen molar-refractivity contribution in [3.05, 3.63) is 0 Å². The first kappa shape index (κ1) is 10.3. The summed E-state index contributed by atoms with van der Waals surface area (Å²) < 4.78 is 9.85. The van der Waals surface area contributed by atoms with Crippen LogP contribution in [0.15, 0.2) is 0 Å². The minimum atomic E-state index is -0.450. The van der Waals surface area contributed by atoms with E-state index in [1.807, 2.05) is 0 Å². The van der Waals surface area contributed by atoms with Crippen LogP contribution in [0.4, 0.5) is 4.79 Å². The molecule has 1 heterocycles. The van der Waals surface area contributed by atoms with E-state index in [0.29, 0.717) is 0 Å². The maximum atomic E-state index is 11.4. The number of ether oxygens (including phenoxy) is 2. The van der Waals surface area contributed by atoms with Crippen molar-refractivity contribution in [1.29, 1.82) is 0 Å². The Morgan fingerprint density at radius 3 is 2.46 bits per heavy atom. The number of carbonyl (C=O) groups excluding carboxylic acids is 1. The van der Waals surface area contributed by atoms with Crippen molar-refractivity contribution in [2.75, 3.05) is 20.2 Å². The second kappa shape index (κ2) is 5.07.